The van der Waals surface area contributed by atoms with Gasteiger partial charge in [0.1, 0.15) is 5.75 Å². The molecule has 2 rings (SSSR count). The molecule has 0 saturated carbocycles. The fraction of sp³-hybridized carbons (Fsp3) is 0.600. The maximum atomic E-state index is 5.68. The van der Waals surface area contributed by atoms with Crippen LogP contribution in [0.1, 0.15) is 18.9 Å². The van der Waals surface area contributed by atoms with Crippen LogP contribution in [0.2, 0.25) is 0 Å². The number of benzene rings is 1. The summed E-state index contributed by atoms with van der Waals surface area (Å²) < 4.78 is 12.2. The van der Waals surface area contributed by atoms with E-state index in [9.17, 15) is 0 Å². The van der Waals surface area contributed by atoms with E-state index in [2.05, 4.69) is 33.0 Å². The molecule has 0 radical (unpaired) electrons. The minimum atomic E-state index is 0.720. The summed E-state index contributed by atoms with van der Waals surface area (Å²) >= 11 is 3.53. The van der Waals surface area contributed by atoms with E-state index in [-0.39, 0.29) is 0 Å². The lowest BCUT2D eigenvalue weighted by atomic mass is 10.1. The van der Waals surface area contributed by atoms with Crippen molar-refractivity contribution >= 4 is 15.9 Å². The molecule has 1 aliphatic heterocycles. The highest BCUT2D eigenvalue weighted by molar-refractivity contribution is 9.10. The molecule has 0 atom stereocenters. The van der Waals surface area contributed by atoms with Crippen molar-refractivity contribution in [2.45, 2.75) is 19.8 Å². The van der Waals surface area contributed by atoms with Crippen molar-refractivity contribution in [2.75, 3.05) is 39.5 Å². The van der Waals surface area contributed by atoms with Gasteiger partial charge in [0, 0.05) is 17.6 Å². The molecule has 0 spiro atoms. The smallest absolute Gasteiger partial charge is 0.122 e. The van der Waals surface area contributed by atoms with Gasteiger partial charge in [-0.15, -0.1) is 0 Å². The fourth-order valence-corrected chi connectivity index (χ4v) is 2.77. The molecule has 0 aromatic heterocycles. The zero-order valence-corrected chi connectivity index (χ0v) is 13.1. The normalized spacial score (nSPS) is 16.5. The maximum Gasteiger partial charge on any atom is 0.122 e. The molecule has 0 amide bonds. The quantitative estimate of drug-likeness (QED) is 0.801. The summed E-state index contributed by atoms with van der Waals surface area (Å²) in [6.07, 6.45) is 2.22. The molecule has 1 aromatic carbocycles. The minimum Gasteiger partial charge on any atom is -0.494 e. The Labute approximate surface area is 124 Å². The van der Waals surface area contributed by atoms with E-state index < -0.39 is 0 Å². The van der Waals surface area contributed by atoms with Crippen LogP contribution in [0.4, 0.5) is 0 Å². The van der Waals surface area contributed by atoms with Gasteiger partial charge < -0.3 is 9.47 Å². The van der Waals surface area contributed by atoms with E-state index in [0.717, 1.165) is 62.5 Å². The molecule has 0 unspecified atom stereocenters. The second-order valence-electron chi connectivity index (χ2n) is 4.74. The summed E-state index contributed by atoms with van der Waals surface area (Å²) in [6, 6.07) is 6.26. The lowest BCUT2D eigenvalue weighted by Gasteiger charge is -2.26. The van der Waals surface area contributed by atoms with Crippen LogP contribution in [0.3, 0.4) is 0 Å². The second kappa shape index (κ2) is 7.88. The molecule has 1 aliphatic rings. The van der Waals surface area contributed by atoms with Crippen molar-refractivity contribution in [3.05, 3.63) is 28.2 Å². The van der Waals surface area contributed by atoms with Crippen molar-refractivity contribution < 1.29 is 9.47 Å². The molecular weight excluding hydrogens is 306 g/mol. The van der Waals surface area contributed by atoms with Crippen LogP contribution in [0.25, 0.3) is 0 Å². The summed E-state index contributed by atoms with van der Waals surface area (Å²) in [5, 5.41) is 0. The van der Waals surface area contributed by atoms with Crippen molar-refractivity contribution in [3.8, 4) is 5.75 Å². The number of morpholine rings is 1. The summed E-state index contributed by atoms with van der Waals surface area (Å²) in [7, 11) is 0. The predicted octanol–water partition coefficient (Wildman–Crippen LogP) is 3.11. The number of ether oxygens (including phenoxy) is 2. The molecular formula is C15H22BrNO2. The van der Waals surface area contributed by atoms with Crippen molar-refractivity contribution in [1.82, 2.24) is 4.90 Å². The van der Waals surface area contributed by atoms with Gasteiger partial charge in [0.05, 0.1) is 19.8 Å². The maximum absolute atomic E-state index is 5.68. The summed E-state index contributed by atoms with van der Waals surface area (Å²) in [5.74, 6) is 1.02. The summed E-state index contributed by atoms with van der Waals surface area (Å²) in [6.45, 7) is 7.77. The first-order valence-electron chi connectivity index (χ1n) is 7.01. The lowest BCUT2D eigenvalue weighted by Crippen LogP contribution is -2.36. The van der Waals surface area contributed by atoms with Crippen molar-refractivity contribution in [3.63, 3.8) is 0 Å². The first-order chi connectivity index (χ1) is 9.29. The van der Waals surface area contributed by atoms with Crippen LogP contribution in [-0.4, -0.2) is 44.4 Å². The molecule has 0 bridgehead atoms. The summed E-state index contributed by atoms with van der Waals surface area (Å²) in [4.78, 5) is 2.47. The average molecular weight is 328 g/mol. The van der Waals surface area contributed by atoms with E-state index >= 15 is 0 Å². The lowest BCUT2D eigenvalue weighted by molar-refractivity contribution is 0.0374. The van der Waals surface area contributed by atoms with Crippen LogP contribution in [0, 0.1) is 0 Å². The Kier molecular flexibility index (Phi) is 6.14. The molecule has 0 N–H and O–H groups in total. The van der Waals surface area contributed by atoms with Crippen LogP contribution in [0.15, 0.2) is 22.7 Å². The van der Waals surface area contributed by atoms with Crippen LogP contribution in [0.5, 0.6) is 5.75 Å². The van der Waals surface area contributed by atoms with Gasteiger partial charge in [-0.1, -0.05) is 15.9 Å². The SMILES string of the molecule is CCOc1ccc(Br)cc1CCCN1CCOCC1. The predicted molar refractivity (Wildman–Crippen MR) is 80.9 cm³/mol. The molecule has 1 aromatic rings. The zero-order valence-electron chi connectivity index (χ0n) is 11.5. The van der Waals surface area contributed by atoms with Crippen molar-refractivity contribution in [2.24, 2.45) is 0 Å². The highest BCUT2D eigenvalue weighted by atomic mass is 79.9. The second-order valence-corrected chi connectivity index (χ2v) is 5.66. The van der Waals surface area contributed by atoms with E-state index in [0.29, 0.717) is 0 Å². The van der Waals surface area contributed by atoms with Crippen LogP contribution in [-0.2, 0) is 11.2 Å². The average Bonchev–Trinajstić information content (AvgIpc) is 2.43. The van der Waals surface area contributed by atoms with E-state index in [4.69, 9.17) is 9.47 Å². The topological polar surface area (TPSA) is 21.7 Å². The third-order valence-corrected chi connectivity index (χ3v) is 3.84. The minimum absolute atomic E-state index is 0.720. The largest absolute Gasteiger partial charge is 0.494 e. The number of halogens is 1. The molecule has 1 fully saturated rings. The van der Waals surface area contributed by atoms with E-state index in [1.807, 2.05) is 13.0 Å². The summed E-state index contributed by atoms with van der Waals surface area (Å²) in [5.41, 5.74) is 1.30. The van der Waals surface area contributed by atoms with Crippen molar-refractivity contribution in [1.29, 1.82) is 0 Å². The number of aryl methyl sites for hydroxylation is 1. The number of nitrogens with zero attached hydrogens (tertiary/aromatic N) is 1. The van der Waals surface area contributed by atoms with Gasteiger partial charge in [-0.25, -0.2) is 0 Å². The van der Waals surface area contributed by atoms with E-state index in [1.165, 1.54) is 5.56 Å². The first-order valence-corrected chi connectivity index (χ1v) is 7.80. The highest BCUT2D eigenvalue weighted by Gasteiger charge is 2.10. The molecule has 1 heterocycles. The fourth-order valence-electron chi connectivity index (χ4n) is 2.36. The van der Waals surface area contributed by atoms with Gasteiger partial charge in [0.25, 0.3) is 0 Å². The molecule has 1 saturated heterocycles. The Hall–Kier alpha value is -0.580. The van der Waals surface area contributed by atoms with Crippen LogP contribution >= 0.6 is 15.9 Å². The number of hydrogen-bond donors (Lipinski definition) is 0. The monoisotopic (exact) mass is 327 g/mol. The number of rotatable bonds is 6. The third-order valence-electron chi connectivity index (χ3n) is 3.35. The Morgan fingerprint density at radius 3 is 2.84 bits per heavy atom. The molecule has 4 heteroatoms. The molecule has 3 nitrogen and oxygen atoms in total. The molecule has 106 valence electrons. The van der Waals surface area contributed by atoms with Gasteiger partial charge in [0.2, 0.25) is 0 Å². The number of hydrogen-bond acceptors (Lipinski definition) is 3. The first kappa shape index (κ1) is 14.8. The van der Waals surface area contributed by atoms with Gasteiger partial charge >= 0.3 is 0 Å². The van der Waals surface area contributed by atoms with Gasteiger partial charge in [-0.05, 0) is 50.1 Å². The van der Waals surface area contributed by atoms with Gasteiger partial charge in [-0.3, -0.25) is 4.90 Å². The Morgan fingerprint density at radius 1 is 1.32 bits per heavy atom. The van der Waals surface area contributed by atoms with Gasteiger partial charge in [0.15, 0.2) is 0 Å². The molecule has 0 aliphatic carbocycles. The van der Waals surface area contributed by atoms with E-state index in [1.54, 1.807) is 0 Å². The standard InChI is InChI=1S/C15H22BrNO2/c1-2-19-15-6-5-14(16)12-13(15)4-3-7-17-8-10-18-11-9-17/h5-6,12H,2-4,7-11H2,1H3. The zero-order chi connectivity index (χ0) is 13.5. The Morgan fingerprint density at radius 2 is 2.11 bits per heavy atom. The van der Waals surface area contributed by atoms with Gasteiger partial charge in [-0.2, -0.15) is 0 Å². The Balaban J connectivity index is 1.85. The van der Waals surface area contributed by atoms with Crippen LogP contribution < -0.4 is 4.74 Å². The molecule has 19 heavy (non-hydrogen) atoms. The highest BCUT2D eigenvalue weighted by Crippen LogP contribution is 2.24. The third kappa shape index (κ3) is 4.79. The Bertz CT molecular complexity index is 392.